The van der Waals surface area contributed by atoms with Crippen molar-refractivity contribution in [3.05, 3.63) is 29.8 Å². The zero-order valence-electron chi connectivity index (χ0n) is 9.12. The van der Waals surface area contributed by atoms with Crippen molar-refractivity contribution in [2.75, 3.05) is 18.6 Å². The summed E-state index contributed by atoms with van der Waals surface area (Å²) >= 11 is 0. The molecule has 0 saturated carbocycles. The zero-order chi connectivity index (χ0) is 12.9. The summed E-state index contributed by atoms with van der Waals surface area (Å²) in [5.41, 5.74) is 0.0665. The van der Waals surface area contributed by atoms with E-state index in [0.29, 0.717) is 10.8 Å². The van der Waals surface area contributed by atoms with Crippen LogP contribution in [-0.2, 0) is 13.6 Å². The van der Waals surface area contributed by atoms with E-state index in [1.54, 1.807) is 12.1 Å². The molecule has 0 atom stereocenters. The minimum Gasteiger partial charge on any atom is -0.507 e. The van der Waals surface area contributed by atoms with Crippen LogP contribution in [0, 0.1) is 0 Å². The minimum absolute atomic E-state index is 0.0229. The number of esters is 1. The summed E-state index contributed by atoms with van der Waals surface area (Å²) in [7, 11) is -2.41. The van der Waals surface area contributed by atoms with E-state index in [1.807, 2.05) is 0 Å². The number of para-hydroxylation sites is 1. The molecule has 1 N–H and O–H groups in total. The fourth-order valence-corrected chi connectivity index (χ4v) is 2.61. The van der Waals surface area contributed by atoms with Crippen LogP contribution in [0.3, 0.4) is 0 Å². The van der Waals surface area contributed by atoms with Gasteiger partial charge in [-0.15, -0.1) is 0 Å². The standard InChI is InChI=1S/C10H12O5S2/c1-17(13,14)16-7-6-15-10(12)8-4-2-3-5-9(8)11/h2-5,11H,6-7H2,1H3. The lowest BCUT2D eigenvalue weighted by molar-refractivity contribution is 0.0527. The largest absolute Gasteiger partial charge is 0.507 e. The molecule has 1 aromatic rings. The maximum absolute atomic E-state index is 11.4. The maximum atomic E-state index is 11.4. The van der Waals surface area contributed by atoms with Crippen molar-refractivity contribution in [3.8, 4) is 5.75 Å². The number of aromatic hydroxyl groups is 1. The summed E-state index contributed by atoms with van der Waals surface area (Å²) in [6.45, 7) is -0.0229. The number of phenolic OH excluding ortho intramolecular Hbond substituents is 1. The molecule has 0 bridgehead atoms. The molecule has 0 unspecified atom stereocenters. The summed E-state index contributed by atoms with van der Waals surface area (Å²) in [6, 6.07) is 6.00. The lowest BCUT2D eigenvalue weighted by atomic mass is 10.2. The maximum Gasteiger partial charge on any atom is 0.341 e. The molecular weight excluding hydrogens is 264 g/mol. The molecular formula is C10H12O5S2. The Hall–Kier alpha value is -1.21. The van der Waals surface area contributed by atoms with Crippen LogP contribution in [0.2, 0.25) is 0 Å². The van der Waals surface area contributed by atoms with Crippen LogP contribution in [0.4, 0.5) is 0 Å². The molecule has 0 aromatic heterocycles. The third-order valence-corrected chi connectivity index (χ3v) is 4.28. The predicted molar refractivity (Wildman–Crippen MR) is 65.7 cm³/mol. The van der Waals surface area contributed by atoms with Gasteiger partial charge in [-0.3, -0.25) is 0 Å². The van der Waals surface area contributed by atoms with E-state index in [9.17, 15) is 18.3 Å². The number of phenols is 1. The smallest absolute Gasteiger partial charge is 0.341 e. The number of benzene rings is 1. The molecule has 0 aliphatic heterocycles. The van der Waals surface area contributed by atoms with Crippen molar-refractivity contribution in [2.45, 2.75) is 0 Å². The summed E-state index contributed by atoms with van der Waals surface area (Å²) in [4.78, 5) is 11.4. The van der Waals surface area contributed by atoms with Gasteiger partial charge in [0.1, 0.15) is 17.9 Å². The van der Waals surface area contributed by atoms with Gasteiger partial charge in [0.2, 0.25) is 0 Å². The van der Waals surface area contributed by atoms with Crippen molar-refractivity contribution >= 4 is 25.6 Å². The molecule has 5 nitrogen and oxygen atoms in total. The molecule has 7 heteroatoms. The Kier molecular flexibility index (Phi) is 4.83. The molecule has 0 heterocycles. The van der Waals surface area contributed by atoms with Crippen LogP contribution in [0.5, 0.6) is 5.75 Å². The van der Waals surface area contributed by atoms with Crippen molar-refractivity contribution in [3.63, 3.8) is 0 Å². The van der Waals surface area contributed by atoms with Gasteiger partial charge in [-0.2, -0.15) is 0 Å². The molecule has 1 aromatic carbocycles. The van der Waals surface area contributed by atoms with E-state index in [-0.39, 0.29) is 23.7 Å². The van der Waals surface area contributed by atoms with Crippen molar-refractivity contribution < 1.29 is 23.1 Å². The highest BCUT2D eigenvalue weighted by Gasteiger charge is 2.11. The minimum atomic E-state index is -3.12. The highest BCUT2D eigenvalue weighted by Crippen LogP contribution is 2.17. The molecule has 0 spiro atoms. The third-order valence-electron chi connectivity index (χ3n) is 1.74. The SMILES string of the molecule is CS(=O)(=O)SCCOC(=O)c1ccccc1O. The van der Waals surface area contributed by atoms with E-state index in [4.69, 9.17) is 4.74 Å². The van der Waals surface area contributed by atoms with Gasteiger partial charge in [0.05, 0.1) is 0 Å². The lowest BCUT2D eigenvalue weighted by Crippen LogP contribution is -2.08. The molecule has 1 rings (SSSR count). The normalized spacial score (nSPS) is 11.1. The van der Waals surface area contributed by atoms with Gasteiger partial charge in [-0.1, -0.05) is 12.1 Å². The number of rotatable bonds is 5. The second-order valence-electron chi connectivity index (χ2n) is 3.18. The topological polar surface area (TPSA) is 80.7 Å². The molecule has 0 fully saturated rings. The van der Waals surface area contributed by atoms with Gasteiger partial charge in [-0.05, 0) is 22.9 Å². The Labute approximate surface area is 103 Å². The summed E-state index contributed by atoms with van der Waals surface area (Å²) in [5, 5.41) is 9.36. The monoisotopic (exact) mass is 276 g/mol. The average molecular weight is 276 g/mol. The number of hydrogen-bond donors (Lipinski definition) is 1. The summed E-state index contributed by atoms with van der Waals surface area (Å²) in [5.74, 6) is -0.663. The van der Waals surface area contributed by atoms with Gasteiger partial charge in [0.15, 0.2) is 8.87 Å². The second kappa shape index (κ2) is 5.92. The Morgan fingerprint density at radius 1 is 1.41 bits per heavy atom. The highest BCUT2D eigenvalue weighted by molar-refractivity contribution is 8.71. The Bertz CT molecular complexity index is 495. The number of carbonyl (C=O) groups is 1. The molecule has 17 heavy (non-hydrogen) atoms. The molecule has 0 aliphatic carbocycles. The molecule has 0 amide bonds. The van der Waals surface area contributed by atoms with Crippen LogP contribution in [0.15, 0.2) is 24.3 Å². The van der Waals surface area contributed by atoms with Crippen LogP contribution in [0.1, 0.15) is 10.4 Å². The number of ether oxygens (including phenoxy) is 1. The molecule has 94 valence electrons. The van der Waals surface area contributed by atoms with Gasteiger partial charge in [-0.25, -0.2) is 13.2 Å². The van der Waals surface area contributed by atoms with E-state index < -0.39 is 14.8 Å². The van der Waals surface area contributed by atoms with Gasteiger partial charge in [0, 0.05) is 12.0 Å². The average Bonchev–Trinajstić information content (AvgIpc) is 2.23. The fraction of sp³-hybridized carbons (Fsp3) is 0.300. The Morgan fingerprint density at radius 3 is 2.65 bits per heavy atom. The lowest BCUT2D eigenvalue weighted by Gasteiger charge is -2.05. The van der Waals surface area contributed by atoms with E-state index >= 15 is 0 Å². The molecule has 0 saturated heterocycles. The van der Waals surface area contributed by atoms with Crippen LogP contribution >= 0.6 is 10.8 Å². The van der Waals surface area contributed by atoms with Crippen molar-refractivity contribution in [1.82, 2.24) is 0 Å². The van der Waals surface area contributed by atoms with E-state index in [1.165, 1.54) is 12.1 Å². The van der Waals surface area contributed by atoms with Gasteiger partial charge >= 0.3 is 5.97 Å². The number of carbonyl (C=O) groups excluding carboxylic acids is 1. The Morgan fingerprint density at radius 2 is 2.06 bits per heavy atom. The fourth-order valence-electron chi connectivity index (χ4n) is 1.04. The predicted octanol–water partition coefficient (Wildman–Crippen LogP) is 1.24. The van der Waals surface area contributed by atoms with E-state index in [2.05, 4.69) is 0 Å². The number of hydrogen-bond acceptors (Lipinski definition) is 6. The quantitative estimate of drug-likeness (QED) is 0.495. The first kappa shape index (κ1) is 13.9. The zero-order valence-corrected chi connectivity index (χ0v) is 10.8. The van der Waals surface area contributed by atoms with Gasteiger partial charge in [0.25, 0.3) is 0 Å². The van der Waals surface area contributed by atoms with Crippen LogP contribution in [0.25, 0.3) is 0 Å². The highest BCUT2D eigenvalue weighted by atomic mass is 33.1. The molecule has 0 aliphatic rings. The van der Waals surface area contributed by atoms with Gasteiger partial charge < -0.3 is 9.84 Å². The first-order valence-corrected chi connectivity index (χ1v) is 8.09. The third kappa shape index (κ3) is 5.10. The van der Waals surface area contributed by atoms with E-state index in [0.717, 1.165) is 6.26 Å². The summed E-state index contributed by atoms with van der Waals surface area (Å²) < 4.78 is 26.4. The first-order valence-electron chi connectivity index (χ1n) is 4.69. The van der Waals surface area contributed by atoms with Crippen molar-refractivity contribution in [1.29, 1.82) is 0 Å². The second-order valence-corrected chi connectivity index (χ2v) is 7.75. The van der Waals surface area contributed by atoms with Crippen LogP contribution in [-0.4, -0.2) is 38.1 Å². The summed E-state index contributed by atoms with van der Waals surface area (Å²) in [6.07, 6.45) is 1.09. The molecule has 0 radical (unpaired) electrons. The first-order chi connectivity index (χ1) is 7.90. The van der Waals surface area contributed by atoms with Crippen molar-refractivity contribution in [2.24, 2.45) is 0 Å². The van der Waals surface area contributed by atoms with Crippen LogP contribution < -0.4 is 0 Å². The Balaban J connectivity index is 2.44.